The topological polar surface area (TPSA) is 58.6 Å². The van der Waals surface area contributed by atoms with E-state index in [0.717, 1.165) is 0 Å². The number of anilines is 2. The Bertz CT molecular complexity index is 531. The van der Waals surface area contributed by atoms with E-state index in [4.69, 9.17) is 16.3 Å². The number of hydrogen-bond acceptors (Lipinski definition) is 3. The van der Waals surface area contributed by atoms with Crippen LogP contribution < -0.4 is 15.0 Å². The standard InChI is InChI=1S/C13H13ClN2O3/c1-2-5-16-10-4-3-9(15-12(17)7-14)6-11(10)19-8-13(16)18/h2-4,6H,1,5,7-8H2,(H,15,17). The quantitative estimate of drug-likeness (QED) is 0.675. The van der Waals surface area contributed by atoms with Gasteiger partial charge in [-0.15, -0.1) is 18.2 Å². The Morgan fingerprint density at radius 2 is 2.37 bits per heavy atom. The van der Waals surface area contributed by atoms with Crippen molar-refractivity contribution in [3.05, 3.63) is 30.9 Å². The number of fused-ring (bicyclic) bond motifs is 1. The summed E-state index contributed by atoms with van der Waals surface area (Å²) in [5.41, 5.74) is 1.25. The van der Waals surface area contributed by atoms with Crippen molar-refractivity contribution in [2.75, 3.05) is 29.2 Å². The van der Waals surface area contributed by atoms with Crippen molar-refractivity contribution in [2.45, 2.75) is 0 Å². The number of hydrogen-bond donors (Lipinski definition) is 1. The molecular weight excluding hydrogens is 268 g/mol. The van der Waals surface area contributed by atoms with E-state index in [9.17, 15) is 9.59 Å². The molecule has 0 radical (unpaired) electrons. The normalized spacial score (nSPS) is 13.5. The van der Waals surface area contributed by atoms with Gasteiger partial charge in [0.2, 0.25) is 5.91 Å². The lowest BCUT2D eigenvalue weighted by Crippen LogP contribution is -2.38. The fraction of sp³-hybridized carbons (Fsp3) is 0.231. The summed E-state index contributed by atoms with van der Waals surface area (Å²) in [7, 11) is 0. The second-order valence-corrected chi connectivity index (χ2v) is 4.21. The monoisotopic (exact) mass is 280 g/mol. The van der Waals surface area contributed by atoms with Gasteiger partial charge in [-0.05, 0) is 12.1 Å². The number of nitrogens with zero attached hydrogens (tertiary/aromatic N) is 1. The second-order valence-electron chi connectivity index (χ2n) is 3.95. The van der Waals surface area contributed by atoms with Crippen LogP contribution in [0.15, 0.2) is 30.9 Å². The summed E-state index contributed by atoms with van der Waals surface area (Å²) >= 11 is 5.42. The molecule has 100 valence electrons. The third-order valence-corrected chi connectivity index (χ3v) is 2.86. The molecule has 0 saturated heterocycles. The van der Waals surface area contributed by atoms with Gasteiger partial charge >= 0.3 is 0 Å². The average Bonchev–Trinajstić information content (AvgIpc) is 2.42. The molecule has 0 aromatic heterocycles. The van der Waals surface area contributed by atoms with Gasteiger partial charge in [0, 0.05) is 18.3 Å². The summed E-state index contributed by atoms with van der Waals surface area (Å²) in [6.07, 6.45) is 1.65. The molecule has 0 spiro atoms. The Balaban J connectivity index is 2.28. The van der Waals surface area contributed by atoms with Crippen LogP contribution in [-0.2, 0) is 9.59 Å². The van der Waals surface area contributed by atoms with E-state index in [1.54, 1.807) is 29.2 Å². The maximum Gasteiger partial charge on any atom is 0.265 e. The number of alkyl halides is 1. The van der Waals surface area contributed by atoms with Gasteiger partial charge in [-0.3, -0.25) is 9.59 Å². The summed E-state index contributed by atoms with van der Waals surface area (Å²) < 4.78 is 5.36. The number of carbonyl (C=O) groups is 2. The second kappa shape index (κ2) is 5.75. The van der Waals surface area contributed by atoms with E-state index in [-0.39, 0.29) is 24.3 Å². The van der Waals surface area contributed by atoms with Crippen LogP contribution in [0.25, 0.3) is 0 Å². The van der Waals surface area contributed by atoms with Crippen LogP contribution >= 0.6 is 11.6 Å². The predicted molar refractivity (Wildman–Crippen MR) is 73.8 cm³/mol. The molecule has 0 fully saturated rings. The zero-order chi connectivity index (χ0) is 13.8. The largest absolute Gasteiger partial charge is 0.481 e. The highest BCUT2D eigenvalue weighted by atomic mass is 35.5. The minimum absolute atomic E-state index is 0.0201. The van der Waals surface area contributed by atoms with Crippen LogP contribution in [0.4, 0.5) is 11.4 Å². The molecule has 1 aliphatic rings. The maximum absolute atomic E-state index is 11.7. The first-order valence-corrected chi connectivity index (χ1v) is 6.23. The average molecular weight is 281 g/mol. The maximum atomic E-state index is 11.7. The molecular formula is C13H13ClN2O3. The molecule has 1 N–H and O–H groups in total. The lowest BCUT2D eigenvalue weighted by Gasteiger charge is -2.28. The van der Waals surface area contributed by atoms with Crippen LogP contribution in [0.3, 0.4) is 0 Å². The molecule has 1 aromatic rings. The van der Waals surface area contributed by atoms with Gasteiger partial charge in [0.25, 0.3) is 5.91 Å². The zero-order valence-corrected chi connectivity index (χ0v) is 10.9. The number of amides is 2. The fourth-order valence-electron chi connectivity index (χ4n) is 1.81. The fourth-order valence-corrected chi connectivity index (χ4v) is 1.87. The highest BCUT2D eigenvalue weighted by molar-refractivity contribution is 6.29. The Morgan fingerprint density at radius 3 is 3.05 bits per heavy atom. The third kappa shape index (κ3) is 2.88. The lowest BCUT2D eigenvalue weighted by atomic mass is 10.2. The Kier molecular flexibility index (Phi) is 4.06. The van der Waals surface area contributed by atoms with Crippen LogP contribution in [0.1, 0.15) is 0 Å². The van der Waals surface area contributed by atoms with Gasteiger partial charge in [-0.1, -0.05) is 6.08 Å². The lowest BCUT2D eigenvalue weighted by molar-refractivity contribution is -0.121. The van der Waals surface area contributed by atoms with Crippen molar-refractivity contribution in [1.82, 2.24) is 0 Å². The Hall–Kier alpha value is -2.01. The van der Waals surface area contributed by atoms with Crippen molar-refractivity contribution < 1.29 is 14.3 Å². The summed E-state index contributed by atoms with van der Waals surface area (Å²) in [4.78, 5) is 24.5. The molecule has 0 aliphatic carbocycles. The molecule has 1 heterocycles. The predicted octanol–water partition coefficient (Wildman–Crippen LogP) is 1.78. The number of ether oxygens (including phenoxy) is 1. The zero-order valence-electron chi connectivity index (χ0n) is 10.2. The molecule has 0 unspecified atom stereocenters. The van der Waals surface area contributed by atoms with E-state index >= 15 is 0 Å². The molecule has 2 amide bonds. The van der Waals surface area contributed by atoms with Gasteiger partial charge in [-0.25, -0.2) is 0 Å². The first-order valence-electron chi connectivity index (χ1n) is 5.69. The van der Waals surface area contributed by atoms with Crippen molar-refractivity contribution in [1.29, 1.82) is 0 Å². The highest BCUT2D eigenvalue weighted by Gasteiger charge is 2.24. The molecule has 0 bridgehead atoms. The minimum Gasteiger partial charge on any atom is -0.481 e. The van der Waals surface area contributed by atoms with Gasteiger partial charge in [0.05, 0.1) is 5.69 Å². The molecule has 0 atom stereocenters. The van der Waals surface area contributed by atoms with Crippen LogP contribution in [-0.4, -0.2) is 30.8 Å². The van der Waals surface area contributed by atoms with E-state index in [1.807, 2.05) is 0 Å². The first kappa shape index (κ1) is 13.4. The number of benzene rings is 1. The summed E-state index contributed by atoms with van der Waals surface area (Å²) in [6.45, 7) is 4.02. The third-order valence-electron chi connectivity index (χ3n) is 2.62. The van der Waals surface area contributed by atoms with E-state index in [1.165, 1.54) is 0 Å². The number of carbonyl (C=O) groups excluding carboxylic acids is 2. The van der Waals surface area contributed by atoms with Gasteiger partial charge < -0.3 is 15.0 Å². The van der Waals surface area contributed by atoms with Crippen LogP contribution in [0, 0.1) is 0 Å². The summed E-state index contributed by atoms with van der Waals surface area (Å²) in [6, 6.07) is 5.09. The van der Waals surface area contributed by atoms with Crippen LogP contribution in [0.2, 0.25) is 0 Å². The number of halogens is 1. The van der Waals surface area contributed by atoms with Crippen molar-refractivity contribution in [3.8, 4) is 5.75 Å². The summed E-state index contributed by atoms with van der Waals surface area (Å²) in [5.74, 6) is 0.0224. The van der Waals surface area contributed by atoms with Gasteiger partial charge in [-0.2, -0.15) is 0 Å². The first-order chi connectivity index (χ1) is 9.15. The molecule has 19 heavy (non-hydrogen) atoms. The van der Waals surface area contributed by atoms with Crippen molar-refractivity contribution in [3.63, 3.8) is 0 Å². The van der Waals surface area contributed by atoms with Gasteiger partial charge in [0.15, 0.2) is 6.61 Å². The van der Waals surface area contributed by atoms with Crippen molar-refractivity contribution in [2.24, 2.45) is 0 Å². The van der Waals surface area contributed by atoms with E-state index in [0.29, 0.717) is 23.7 Å². The Morgan fingerprint density at radius 1 is 1.58 bits per heavy atom. The molecule has 1 aliphatic heterocycles. The molecule has 2 rings (SSSR count). The van der Waals surface area contributed by atoms with Crippen molar-refractivity contribution >= 4 is 34.8 Å². The number of nitrogens with one attached hydrogen (secondary N) is 1. The molecule has 0 saturated carbocycles. The summed E-state index contributed by atoms with van der Waals surface area (Å²) in [5, 5.41) is 2.63. The number of rotatable bonds is 4. The minimum atomic E-state index is -0.295. The molecule has 1 aromatic carbocycles. The Labute approximate surface area is 115 Å². The van der Waals surface area contributed by atoms with E-state index in [2.05, 4.69) is 11.9 Å². The van der Waals surface area contributed by atoms with E-state index < -0.39 is 0 Å². The molecule has 6 heteroatoms. The van der Waals surface area contributed by atoms with Gasteiger partial charge in [0.1, 0.15) is 11.6 Å². The van der Waals surface area contributed by atoms with Crippen LogP contribution in [0.5, 0.6) is 5.75 Å². The highest BCUT2D eigenvalue weighted by Crippen LogP contribution is 2.34. The molecule has 5 nitrogen and oxygen atoms in total. The smallest absolute Gasteiger partial charge is 0.265 e. The SMILES string of the molecule is C=CCN1C(=O)COc2cc(NC(=O)CCl)ccc21.